The quantitative estimate of drug-likeness (QED) is 0.920. The summed E-state index contributed by atoms with van der Waals surface area (Å²) in [5, 5.41) is 9.78. The normalized spacial score (nSPS) is 23.7. The molecule has 0 aromatic heterocycles. The number of halogens is 1. The Hall–Kier alpha value is -1.59. The van der Waals surface area contributed by atoms with Crippen LogP contribution in [0.25, 0.3) is 0 Å². The summed E-state index contributed by atoms with van der Waals surface area (Å²) in [5.41, 5.74) is 0.424. The van der Waals surface area contributed by atoms with E-state index in [1.54, 1.807) is 4.90 Å². The lowest BCUT2D eigenvalue weighted by Gasteiger charge is -2.38. The van der Waals surface area contributed by atoms with Gasteiger partial charge in [0.25, 0.3) is 0 Å². The summed E-state index contributed by atoms with van der Waals surface area (Å²) in [4.78, 5) is 26.0. The minimum absolute atomic E-state index is 0.0203. The lowest BCUT2D eigenvalue weighted by atomic mass is 9.77. The number of ether oxygens (including phenoxy) is 1. The van der Waals surface area contributed by atoms with Crippen molar-refractivity contribution >= 4 is 23.5 Å². The lowest BCUT2D eigenvalue weighted by molar-refractivity contribution is -0.161. The zero-order valence-electron chi connectivity index (χ0n) is 12.8. The molecule has 124 valence electrons. The van der Waals surface area contributed by atoms with E-state index in [2.05, 4.69) is 0 Å². The van der Waals surface area contributed by atoms with Gasteiger partial charge in [-0.05, 0) is 30.5 Å². The minimum atomic E-state index is -1.02. The molecule has 2 aliphatic rings. The van der Waals surface area contributed by atoms with Crippen LogP contribution in [0, 0.1) is 0 Å². The van der Waals surface area contributed by atoms with Crippen LogP contribution in [0.3, 0.4) is 0 Å². The molecule has 6 heteroatoms. The van der Waals surface area contributed by atoms with Crippen LogP contribution in [0.1, 0.15) is 31.2 Å². The molecule has 1 aliphatic heterocycles. The Morgan fingerprint density at radius 3 is 2.48 bits per heavy atom. The van der Waals surface area contributed by atoms with Crippen molar-refractivity contribution in [2.24, 2.45) is 0 Å². The van der Waals surface area contributed by atoms with E-state index in [1.807, 2.05) is 24.3 Å². The number of aliphatic carboxylic acids is 1. The number of amides is 1. The topological polar surface area (TPSA) is 66.8 Å². The number of hydrogen-bond acceptors (Lipinski definition) is 3. The van der Waals surface area contributed by atoms with E-state index in [4.69, 9.17) is 21.4 Å². The third kappa shape index (κ3) is 3.08. The van der Waals surface area contributed by atoms with Gasteiger partial charge < -0.3 is 14.7 Å². The van der Waals surface area contributed by atoms with Gasteiger partial charge in [0.05, 0.1) is 18.6 Å². The van der Waals surface area contributed by atoms with Crippen molar-refractivity contribution in [2.45, 2.75) is 37.2 Å². The van der Waals surface area contributed by atoms with E-state index >= 15 is 0 Å². The molecule has 1 N–H and O–H groups in total. The van der Waals surface area contributed by atoms with E-state index in [1.165, 1.54) is 0 Å². The number of carboxylic acid groups (broad SMARTS) is 1. The highest BCUT2D eigenvalue weighted by Crippen LogP contribution is 2.43. The SMILES string of the molecule is O=C(O)C1CN(C(=O)C2(c3ccc(Cl)cc3)CCCC2)CCO1. The Bertz CT molecular complexity index is 595. The van der Waals surface area contributed by atoms with Gasteiger partial charge in [-0.15, -0.1) is 0 Å². The van der Waals surface area contributed by atoms with Crippen molar-refractivity contribution in [3.8, 4) is 0 Å². The molecule has 1 heterocycles. The summed E-state index contributed by atoms with van der Waals surface area (Å²) in [6.45, 7) is 0.820. The zero-order valence-corrected chi connectivity index (χ0v) is 13.6. The molecule has 23 heavy (non-hydrogen) atoms. The standard InChI is InChI=1S/C17H20ClNO4/c18-13-5-3-12(4-6-13)17(7-1-2-8-17)16(22)19-9-10-23-14(11-19)15(20)21/h3-6,14H,1-2,7-11H2,(H,20,21). The van der Waals surface area contributed by atoms with Crippen molar-refractivity contribution in [3.63, 3.8) is 0 Å². The third-order valence-corrected chi connectivity index (χ3v) is 5.14. The Kier molecular flexibility index (Phi) is 4.60. The van der Waals surface area contributed by atoms with Gasteiger partial charge in [0.15, 0.2) is 6.10 Å². The summed E-state index contributed by atoms with van der Waals surface area (Å²) in [5.74, 6) is -0.999. The van der Waals surface area contributed by atoms with Gasteiger partial charge >= 0.3 is 5.97 Å². The van der Waals surface area contributed by atoms with Crippen LogP contribution in [0.4, 0.5) is 0 Å². The molecule has 1 amide bonds. The molecule has 0 spiro atoms. The Morgan fingerprint density at radius 1 is 1.22 bits per heavy atom. The molecule has 1 unspecified atom stereocenters. The first-order valence-corrected chi connectivity index (χ1v) is 8.30. The number of benzene rings is 1. The van der Waals surface area contributed by atoms with Gasteiger partial charge in [-0.3, -0.25) is 4.79 Å². The summed E-state index contributed by atoms with van der Waals surface area (Å²) < 4.78 is 5.23. The fourth-order valence-electron chi connectivity index (χ4n) is 3.66. The van der Waals surface area contributed by atoms with E-state index < -0.39 is 17.5 Å². The lowest BCUT2D eigenvalue weighted by Crippen LogP contribution is -2.54. The second kappa shape index (κ2) is 6.49. The molecule has 5 nitrogen and oxygen atoms in total. The molecule has 0 radical (unpaired) electrons. The highest BCUT2D eigenvalue weighted by molar-refractivity contribution is 6.30. The van der Waals surface area contributed by atoms with Gasteiger partial charge in [-0.2, -0.15) is 0 Å². The number of carboxylic acids is 1. The van der Waals surface area contributed by atoms with Crippen molar-refractivity contribution < 1.29 is 19.4 Å². The van der Waals surface area contributed by atoms with E-state index in [-0.39, 0.29) is 19.1 Å². The first-order valence-electron chi connectivity index (χ1n) is 7.93. The third-order valence-electron chi connectivity index (χ3n) is 4.89. The van der Waals surface area contributed by atoms with E-state index in [0.29, 0.717) is 11.6 Å². The number of rotatable bonds is 3. The van der Waals surface area contributed by atoms with Gasteiger partial charge in [0.2, 0.25) is 5.91 Å². The van der Waals surface area contributed by atoms with Gasteiger partial charge in [0.1, 0.15) is 0 Å². The van der Waals surface area contributed by atoms with Crippen LogP contribution >= 0.6 is 11.6 Å². The monoisotopic (exact) mass is 337 g/mol. The molecule has 1 saturated heterocycles. The Balaban J connectivity index is 1.87. The number of carbonyl (C=O) groups excluding carboxylic acids is 1. The molecular formula is C17H20ClNO4. The minimum Gasteiger partial charge on any atom is -0.479 e. The van der Waals surface area contributed by atoms with Crippen LogP contribution in [0.5, 0.6) is 0 Å². The van der Waals surface area contributed by atoms with Crippen molar-refractivity contribution in [1.29, 1.82) is 0 Å². The molecule has 0 bridgehead atoms. The summed E-state index contributed by atoms with van der Waals surface area (Å²) in [7, 11) is 0. The molecule has 1 aromatic rings. The molecule has 1 saturated carbocycles. The smallest absolute Gasteiger partial charge is 0.334 e. The van der Waals surface area contributed by atoms with E-state index in [9.17, 15) is 9.59 Å². The number of nitrogens with zero attached hydrogens (tertiary/aromatic N) is 1. The van der Waals surface area contributed by atoms with Crippen LogP contribution in [-0.4, -0.2) is 47.7 Å². The fraction of sp³-hybridized carbons (Fsp3) is 0.529. The Labute approximate surface area is 140 Å². The van der Waals surface area contributed by atoms with Crippen molar-refractivity contribution in [3.05, 3.63) is 34.9 Å². The number of hydrogen-bond donors (Lipinski definition) is 1. The van der Waals surface area contributed by atoms with Crippen LogP contribution in [0.15, 0.2) is 24.3 Å². The highest BCUT2D eigenvalue weighted by atomic mass is 35.5. The fourth-order valence-corrected chi connectivity index (χ4v) is 3.79. The molecule has 1 aliphatic carbocycles. The average Bonchev–Trinajstić information content (AvgIpc) is 3.06. The van der Waals surface area contributed by atoms with Gasteiger partial charge in [-0.25, -0.2) is 4.79 Å². The second-order valence-electron chi connectivity index (χ2n) is 6.24. The van der Waals surface area contributed by atoms with Crippen molar-refractivity contribution in [2.75, 3.05) is 19.7 Å². The summed E-state index contributed by atoms with van der Waals surface area (Å²) in [6.07, 6.45) is 2.66. The second-order valence-corrected chi connectivity index (χ2v) is 6.68. The average molecular weight is 338 g/mol. The molecule has 1 atom stereocenters. The Morgan fingerprint density at radius 2 is 1.87 bits per heavy atom. The predicted octanol–water partition coefficient (Wildman–Crippen LogP) is 2.46. The van der Waals surface area contributed by atoms with Crippen LogP contribution < -0.4 is 0 Å². The van der Waals surface area contributed by atoms with Crippen molar-refractivity contribution in [1.82, 2.24) is 4.90 Å². The summed E-state index contributed by atoms with van der Waals surface area (Å²) >= 11 is 5.97. The van der Waals surface area contributed by atoms with E-state index in [0.717, 1.165) is 31.2 Å². The first kappa shape index (κ1) is 16.3. The largest absolute Gasteiger partial charge is 0.479 e. The van der Waals surface area contributed by atoms with Gasteiger partial charge in [0, 0.05) is 11.6 Å². The maximum Gasteiger partial charge on any atom is 0.334 e. The van der Waals surface area contributed by atoms with Gasteiger partial charge in [-0.1, -0.05) is 36.6 Å². The van der Waals surface area contributed by atoms with Crippen LogP contribution in [0.2, 0.25) is 5.02 Å². The maximum atomic E-state index is 13.2. The first-order chi connectivity index (χ1) is 11.0. The molecule has 1 aromatic carbocycles. The molecule has 3 rings (SSSR count). The molecular weight excluding hydrogens is 318 g/mol. The molecule has 2 fully saturated rings. The predicted molar refractivity (Wildman–Crippen MR) is 85.6 cm³/mol. The zero-order chi connectivity index (χ0) is 16.4. The summed E-state index contributed by atoms with van der Waals surface area (Å²) in [6, 6.07) is 7.45. The maximum absolute atomic E-state index is 13.2. The number of carbonyl (C=O) groups is 2. The highest BCUT2D eigenvalue weighted by Gasteiger charge is 2.46. The number of morpholine rings is 1. The van der Waals surface area contributed by atoms with Crippen LogP contribution in [-0.2, 0) is 19.7 Å².